The summed E-state index contributed by atoms with van der Waals surface area (Å²) in [6.07, 6.45) is 4.76. The fourth-order valence-corrected chi connectivity index (χ4v) is 3.30. The van der Waals surface area contributed by atoms with Gasteiger partial charge in [-0.1, -0.05) is 12.1 Å². The van der Waals surface area contributed by atoms with Crippen molar-refractivity contribution in [3.63, 3.8) is 0 Å². The van der Waals surface area contributed by atoms with Crippen LogP contribution in [-0.2, 0) is 9.53 Å². The van der Waals surface area contributed by atoms with Gasteiger partial charge in [0.1, 0.15) is 17.1 Å². The molecule has 0 bridgehead atoms. The van der Waals surface area contributed by atoms with E-state index in [9.17, 15) is 4.79 Å². The number of aryl methyl sites for hydroxylation is 1. The maximum absolute atomic E-state index is 12.2. The number of benzene rings is 1. The molecule has 0 saturated carbocycles. The number of nitrogens with one attached hydrogen (secondary N) is 2. The van der Waals surface area contributed by atoms with Crippen LogP contribution in [0.1, 0.15) is 29.9 Å². The minimum Gasteiger partial charge on any atom is -0.457 e. The summed E-state index contributed by atoms with van der Waals surface area (Å²) in [5.74, 6) is 1.36. The van der Waals surface area contributed by atoms with Crippen molar-refractivity contribution in [3.8, 4) is 11.5 Å². The second-order valence-electron chi connectivity index (χ2n) is 7.01. The summed E-state index contributed by atoms with van der Waals surface area (Å²) in [5, 5.41) is 3.88. The van der Waals surface area contributed by atoms with Gasteiger partial charge in [-0.2, -0.15) is 0 Å². The number of ether oxygens (including phenoxy) is 2. The lowest BCUT2D eigenvalue weighted by atomic mass is 9.95. The normalized spacial score (nSPS) is 12.1. The van der Waals surface area contributed by atoms with Gasteiger partial charge >= 0.3 is 0 Å². The lowest BCUT2D eigenvalue weighted by Crippen LogP contribution is -2.28. The minimum atomic E-state index is -0.0765. The molecule has 1 amide bonds. The van der Waals surface area contributed by atoms with Crippen LogP contribution >= 0.6 is 0 Å². The molecule has 4 N–H and O–H groups in total. The van der Waals surface area contributed by atoms with Gasteiger partial charge in [0.15, 0.2) is 0 Å². The molecule has 154 valence electrons. The average molecular weight is 396 g/mol. The van der Waals surface area contributed by atoms with E-state index in [1.165, 1.54) is 0 Å². The maximum Gasteiger partial charge on any atom is 0.220 e. The number of H-pyrrole nitrogens is 1. The Morgan fingerprint density at radius 1 is 1.34 bits per heavy atom. The molecule has 3 aromatic rings. The van der Waals surface area contributed by atoms with Crippen LogP contribution in [0.4, 0.5) is 0 Å². The molecule has 0 aliphatic heterocycles. The predicted octanol–water partition coefficient (Wildman–Crippen LogP) is 3.25. The van der Waals surface area contributed by atoms with Crippen LogP contribution in [-0.4, -0.2) is 42.7 Å². The number of aromatic nitrogens is 2. The summed E-state index contributed by atoms with van der Waals surface area (Å²) >= 11 is 0. The van der Waals surface area contributed by atoms with Gasteiger partial charge in [-0.3, -0.25) is 4.79 Å². The third kappa shape index (κ3) is 5.34. The van der Waals surface area contributed by atoms with Crippen molar-refractivity contribution >= 4 is 16.9 Å². The van der Waals surface area contributed by atoms with E-state index in [-0.39, 0.29) is 11.8 Å². The van der Waals surface area contributed by atoms with Gasteiger partial charge in [-0.05, 0) is 49.2 Å². The van der Waals surface area contributed by atoms with E-state index in [1.54, 1.807) is 13.3 Å². The number of hydrogen-bond donors (Lipinski definition) is 3. The molecule has 2 heterocycles. The molecule has 0 fully saturated rings. The number of methoxy groups -OCH3 is 1. The third-order valence-electron chi connectivity index (χ3n) is 4.85. The van der Waals surface area contributed by atoms with Crippen LogP contribution in [0, 0.1) is 6.92 Å². The van der Waals surface area contributed by atoms with Gasteiger partial charge in [-0.25, -0.2) is 4.98 Å². The Morgan fingerprint density at radius 2 is 2.21 bits per heavy atom. The van der Waals surface area contributed by atoms with E-state index in [4.69, 9.17) is 15.2 Å². The Morgan fingerprint density at radius 3 is 3.00 bits per heavy atom. The summed E-state index contributed by atoms with van der Waals surface area (Å²) in [6, 6.07) is 9.60. The molecule has 0 spiro atoms. The van der Waals surface area contributed by atoms with Gasteiger partial charge in [0, 0.05) is 45.0 Å². The molecule has 29 heavy (non-hydrogen) atoms. The zero-order valence-corrected chi connectivity index (χ0v) is 16.9. The molecule has 2 aromatic heterocycles. The molecule has 1 unspecified atom stereocenters. The lowest BCUT2D eigenvalue weighted by molar-refractivity contribution is -0.121. The SMILES string of the molecule is COCCCNC(=O)CC(CN)c1cccc(Oc2ccnc3[nH]cc(C)c23)c1. The average Bonchev–Trinajstić information content (AvgIpc) is 3.11. The van der Waals surface area contributed by atoms with E-state index < -0.39 is 0 Å². The highest BCUT2D eigenvalue weighted by Gasteiger charge is 2.16. The van der Waals surface area contributed by atoms with Crippen molar-refractivity contribution < 1.29 is 14.3 Å². The highest BCUT2D eigenvalue weighted by Crippen LogP contribution is 2.32. The Labute approximate surface area is 170 Å². The van der Waals surface area contributed by atoms with E-state index in [1.807, 2.05) is 43.5 Å². The first-order chi connectivity index (χ1) is 14.1. The maximum atomic E-state index is 12.2. The molecule has 0 aliphatic rings. The first-order valence-electron chi connectivity index (χ1n) is 9.78. The van der Waals surface area contributed by atoms with Gasteiger partial charge in [0.25, 0.3) is 0 Å². The molecule has 1 aromatic carbocycles. The van der Waals surface area contributed by atoms with Crippen LogP contribution in [0.2, 0.25) is 0 Å². The Hall–Kier alpha value is -2.90. The van der Waals surface area contributed by atoms with E-state index in [0.29, 0.717) is 31.9 Å². The number of pyridine rings is 1. The molecule has 3 rings (SSSR count). The largest absolute Gasteiger partial charge is 0.457 e. The standard InChI is InChI=1S/C22H28N4O3/c1-15-14-26-22-21(15)19(7-9-25-22)29-18-6-3-5-16(11-18)17(13-23)12-20(27)24-8-4-10-28-2/h3,5-7,9,11,14,17H,4,8,10,12-13,23H2,1-2H3,(H,24,27)(H,25,26). The van der Waals surface area contributed by atoms with Crippen molar-refractivity contribution in [2.45, 2.75) is 25.7 Å². The van der Waals surface area contributed by atoms with Crippen molar-refractivity contribution in [1.29, 1.82) is 0 Å². The van der Waals surface area contributed by atoms with Crippen molar-refractivity contribution in [2.75, 3.05) is 26.8 Å². The number of rotatable bonds is 10. The highest BCUT2D eigenvalue weighted by molar-refractivity contribution is 5.86. The smallest absolute Gasteiger partial charge is 0.220 e. The van der Waals surface area contributed by atoms with Crippen LogP contribution in [0.15, 0.2) is 42.7 Å². The quantitative estimate of drug-likeness (QED) is 0.457. The van der Waals surface area contributed by atoms with Gasteiger partial charge in [0.2, 0.25) is 5.91 Å². The third-order valence-corrected chi connectivity index (χ3v) is 4.85. The number of carbonyl (C=O) groups excluding carboxylic acids is 1. The van der Waals surface area contributed by atoms with Crippen molar-refractivity contribution in [3.05, 3.63) is 53.9 Å². The summed E-state index contributed by atoms with van der Waals surface area (Å²) in [6.45, 7) is 3.62. The second-order valence-corrected chi connectivity index (χ2v) is 7.01. The number of fused-ring (bicyclic) bond motifs is 1. The first kappa shape index (κ1) is 20.8. The van der Waals surface area contributed by atoms with Crippen LogP contribution in [0.3, 0.4) is 0 Å². The summed E-state index contributed by atoms with van der Waals surface area (Å²) < 4.78 is 11.1. The summed E-state index contributed by atoms with van der Waals surface area (Å²) in [7, 11) is 1.65. The zero-order chi connectivity index (χ0) is 20.6. The lowest BCUT2D eigenvalue weighted by Gasteiger charge is -2.16. The Bertz CT molecular complexity index is 954. The predicted molar refractivity (Wildman–Crippen MR) is 113 cm³/mol. The summed E-state index contributed by atoms with van der Waals surface area (Å²) in [4.78, 5) is 19.7. The zero-order valence-electron chi connectivity index (χ0n) is 16.9. The number of hydrogen-bond acceptors (Lipinski definition) is 5. The van der Waals surface area contributed by atoms with E-state index in [0.717, 1.165) is 34.3 Å². The Balaban J connectivity index is 1.70. The number of carbonyl (C=O) groups is 1. The highest BCUT2D eigenvalue weighted by atomic mass is 16.5. The first-order valence-corrected chi connectivity index (χ1v) is 9.78. The monoisotopic (exact) mass is 396 g/mol. The molecular formula is C22H28N4O3. The van der Waals surface area contributed by atoms with Crippen molar-refractivity contribution in [1.82, 2.24) is 15.3 Å². The molecule has 0 saturated heterocycles. The molecule has 0 radical (unpaired) electrons. The van der Waals surface area contributed by atoms with Crippen LogP contribution < -0.4 is 15.8 Å². The molecular weight excluding hydrogens is 368 g/mol. The summed E-state index contributed by atoms with van der Waals surface area (Å²) in [5.41, 5.74) is 8.81. The topological polar surface area (TPSA) is 102 Å². The number of nitrogens with zero attached hydrogens (tertiary/aromatic N) is 1. The molecule has 1 atom stereocenters. The molecule has 0 aliphatic carbocycles. The minimum absolute atomic E-state index is 0.0123. The Kier molecular flexibility index (Phi) is 7.21. The van der Waals surface area contributed by atoms with Crippen molar-refractivity contribution in [2.24, 2.45) is 5.73 Å². The fraction of sp³-hybridized carbons (Fsp3) is 0.364. The van der Waals surface area contributed by atoms with Crippen LogP contribution in [0.25, 0.3) is 11.0 Å². The fourth-order valence-electron chi connectivity index (χ4n) is 3.30. The van der Waals surface area contributed by atoms with Crippen LogP contribution in [0.5, 0.6) is 11.5 Å². The number of nitrogens with two attached hydrogens (primary N) is 1. The van der Waals surface area contributed by atoms with Gasteiger partial charge in [-0.15, -0.1) is 0 Å². The van der Waals surface area contributed by atoms with Gasteiger partial charge < -0.3 is 25.5 Å². The molecule has 7 nitrogen and oxygen atoms in total. The number of amides is 1. The second kappa shape index (κ2) is 10.0. The number of aromatic amines is 1. The van der Waals surface area contributed by atoms with E-state index >= 15 is 0 Å². The van der Waals surface area contributed by atoms with Gasteiger partial charge in [0.05, 0.1) is 5.39 Å². The molecule has 7 heteroatoms. The van der Waals surface area contributed by atoms with E-state index in [2.05, 4.69) is 15.3 Å².